The van der Waals surface area contributed by atoms with E-state index in [1.165, 1.54) is 12.2 Å². The molecule has 138 valence electrons. The fourth-order valence-electron chi connectivity index (χ4n) is 3.43. The van der Waals surface area contributed by atoms with E-state index in [1.54, 1.807) is 24.3 Å². The summed E-state index contributed by atoms with van der Waals surface area (Å²) in [6, 6.07) is 6.27. The third-order valence-electron chi connectivity index (χ3n) is 4.85. The molecular formula is C20H23NO5. The Hall–Kier alpha value is -2.47. The molecule has 1 aromatic rings. The van der Waals surface area contributed by atoms with E-state index in [1.807, 2.05) is 0 Å². The number of nitrogens with zero attached hydrogens (tertiary/aromatic N) is 1. The van der Waals surface area contributed by atoms with E-state index >= 15 is 0 Å². The van der Waals surface area contributed by atoms with Crippen molar-refractivity contribution in [3.63, 3.8) is 0 Å². The highest BCUT2D eigenvalue weighted by molar-refractivity contribution is 6.28. The van der Waals surface area contributed by atoms with Crippen LogP contribution in [0.1, 0.15) is 43.0 Å². The summed E-state index contributed by atoms with van der Waals surface area (Å²) >= 11 is 0. The van der Waals surface area contributed by atoms with Crippen molar-refractivity contribution in [1.82, 2.24) is 0 Å². The van der Waals surface area contributed by atoms with E-state index in [4.69, 9.17) is 9.47 Å². The molecule has 0 bridgehead atoms. The highest BCUT2D eigenvalue weighted by atomic mass is 16.5. The van der Waals surface area contributed by atoms with Gasteiger partial charge in [-0.1, -0.05) is 13.3 Å². The smallest absolute Gasteiger partial charge is 0.338 e. The number of anilines is 1. The van der Waals surface area contributed by atoms with Crippen LogP contribution in [0, 0.1) is 5.41 Å². The number of imide groups is 1. The number of ether oxygens (including phenoxy) is 2. The summed E-state index contributed by atoms with van der Waals surface area (Å²) in [5.74, 6) is -1.17. The van der Waals surface area contributed by atoms with Crippen molar-refractivity contribution in [3.8, 4) is 0 Å². The lowest BCUT2D eigenvalue weighted by Crippen LogP contribution is -2.42. The first-order valence-corrected chi connectivity index (χ1v) is 8.96. The number of benzene rings is 1. The molecule has 6 nitrogen and oxygen atoms in total. The average Bonchev–Trinajstić information content (AvgIpc) is 2.94. The summed E-state index contributed by atoms with van der Waals surface area (Å²) < 4.78 is 10.7. The quantitative estimate of drug-likeness (QED) is 0.406. The summed E-state index contributed by atoms with van der Waals surface area (Å²) in [7, 11) is 0. The molecule has 1 saturated heterocycles. The fourth-order valence-corrected chi connectivity index (χ4v) is 3.43. The Labute approximate surface area is 152 Å². The molecule has 0 radical (unpaired) electrons. The van der Waals surface area contributed by atoms with E-state index in [2.05, 4.69) is 6.92 Å². The van der Waals surface area contributed by atoms with Gasteiger partial charge in [0.05, 0.1) is 31.1 Å². The van der Waals surface area contributed by atoms with Crippen molar-refractivity contribution in [2.45, 2.75) is 32.6 Å². The van der Waals surface area contributed by atoms with Gasteiger partial charge in [-0.2, -0.15) is 0 Å². The molecule has 26 heavy (non-hydrogen) atoms. The Balaban J connectivity index is 1.48. The minimum atomic E-state index is -0.400. The number of carbonyl (C=O) groups is 3. The summed E-state index contributed by atoms with van der Waals surface area (Å²) in [6.07, 6.45) is 6.54. The number of hydrogen-bond acceptors (Lipinski definition) is 5. The SMILES string of the molecule is CCCC1(CCCOC(=O)c2ccc(N3C(=O)C=CC3=O)cc2)COC1. The largest absolute Gasteiger partial charge is 0.462 e. The van der Waals surface area contributed by atoms with Crippen molar-refractivity contribution in [1.29, 1.82) is 0 Å². The van der Waals surface area contributed by atoms with Gasteiger partial charge < -0.3 is 9.47 Å². The van der Waals surface area contributed by atoms with Crippen LogP contribution in [0.4, 0.5) is 5.69 Å². The molecule has 3 rings (SSSR count). The van der Waals surface area contributed by atoms with E-state index in [0.29, 0.717) is 17.9 Å². The average molecular weight is 357 g/mol. The standard InChI is InChI=1S/C20H23NO5/c1-2-10-20(13-25-14-20)11-3-12-26-19(24)15-4-6-16(7-5-15)21-17(22)8-9-18(21)23/h4-9H,2-3,10-14H2,1H3. The Morgan fingerprint density at radius 1 is 1.12 bits per heavy atom. The first-order chi connectivity index (χ1) is 12.5. The molecule has 1 fully saturated rings. The van der Waals surface area contributed by atoms with Gasteiger partial charge in [0.1, 0.15) is 0 Å². The van der Waals surface area contributed by atoms with Gasteiger partial charge in [-0.05, 0) is 43.5 Å². The van der Waals surface area contributed by atoms with Crippen molar-refractivity contribution >= 4 is 23.5 Å². The van der Waals surface area contributed by atoms with Gasteiger partial charge in [-0.15, -0.1) is 0 Å². The monoisotopic (exact) mass is 357 g/mol. The molecule has 2 amide bonds. The molecule has 0 atom stereocenters. The number of rotatable bonds is 8. The van der Waals surface area contributed by atoms with Gasteiger partial charge in [0.15, 0.2) is 0 Å². The van der Waals surface area contributed by atoms with Gasteiger partial charge in [0, 0.05) is 17.6 Å². The van der Waals surface area contributed by atoms with E-state index in [-0.39, 0.29) is 17.2 Å². The van der Waals surface area contributed by atoms with Crippen molar-refractivity contribution in [2.24, 2.45) is 5.41 Å². The summed E-state index contributed by atoms with van der Waals surface area (Å²) in [5, 5.41) is 0. The van der Waals surface area contributed by atoms with Crippen molar-refractivity contribution < 1.29 is 23.9 Å². The Kier molecular flexibility index (Phi) is 5.52. The normalized spacial score (nSPS) is 18.1. The second-order valence-corrected chi connectivity index (χ2v) is 6.87. The molecule has 2 heterocycles. The molecule has 0 spiro atoms. The van der Waals surface area contributed by atoms with Crippen molar-refractivity contribution in [2.75, 3.05) is 24.7 Å². The van der Waals surface area contributed by atoms with Crippen LogP contribution in [0.2, 0.25) is 0 Å². The first kappa shape index (κ1) is 18.3. The Morgan fingerprint density at radius 3 is 2.31 bits per heavy atom. The van der Waals surface area contributed by atoms with Gasteiger partial charge in [-0.3, -0.25) is 9.59 Å². The van der Waals surface area contributed by atoms with Crippen LogP contribution in [-0.2, 0) is 19.1 Å². The molecule has 0 saturated carbocycles. The third-order valence-corrected chi connectivity index (χ3v) is 4.85. The molecule has 1 aromatic carbocycles. The molecule has 0 aromatic heterocycles. The van der Waals surface area contributed by atoms with Crippen LogP contribution >= 0.6 is 0 Å². The number of carbonyl (C=O) groups excluding carboxylic acids is 3. The highest BCUT2D eigenvalue weighted by Crippen LogP contribution is 2.37. The number of amides is 2. The van der Waals surface area contributed by atoms with Crippen LogP contribution in [-0.4, -0.2) is 37.6 Å². The van der Waals surface area contributed by atoms with Gasteiger partial charge >= 0.3 is 5.97 Å². The second-order valence-electron chi connectivity index (χ2n) is 6.87. The lowest BCUT2D eigenvalue weighted by atomic mass is 9.77. The number of hydrogen-bond donors (Lipinski definition) is 0. The second kappa shape index (κ2) is 7.83. The molecule has 2 aliphatic rings. The highest BCUT2D eigenvalue weighted by Gasteiger charge is 2.36. The van der Waals surface area contributed by atoms with Gasteiger partial charge in [0.25, 0.3) is 11.8 Å². The maximum absolute atomic E-state index is 12.1. The van der Waals surface area contributed by atoms with Crippen LogP contribution < -0.4 is 4.90 Å². The topological polar surface area (TPSA) is 72.9 Å². The zero-order chi connectivity index (χ0) is 18.6. The van der Waals surface area contributed by atoms with Crippen LogP contribution in [0.3, 0.4) is 0 Å². The zero-order valence-electron chi connectivity index (χ0n) is 14.9. The van der Waals surface area contributed by atoms with E-state index < -0.39 is 5.97 Å². The maximum Gasteiger partial charge on any atom is 0.338 e. The van der Waals surface area contributed by atoms with Crippen LogP contribution in [0.25, 0.3) is 0 Å². The summed E-state index contributed by atoms with van der Waals surface area (Å²) in [5.41, 5.74) is 1.11. The third kappa shape index (κ3) is 3.85. The van der Waals surface area contributed by atoms with Crippen molar-refractivity contribution in [3.05, 3.63) is 42.0 Å². The predicted octanol–water partition coefficient (Wildman–Crippen LogP) is 2.87. The van der Waals surface area contributed by atoms with E-state index in [0.717, 1.165) is 43.8 Å². The summed E-state index contributed by atoms with van der Waals surface area (Å²) in [4.78, 5) is 36.5. The zero-order valence-corrected chi connectivity index (χ0v) is 14.9. The summed E-state index contributed by atoms with van der Waals surface area (Å²) in [6.45, 7) is 4.15. The predicted molar refractivity (Wildman–Crippen MR) is 95.8 cm³/mol. The van der Waals surface area contributed by atoms with Crippen LogP contribution in [0.15, 0.2) is 36.4 Å². The molecule has 0 N–H and O–H groups in total. The molecule has 2 aliphatic heterocycles. The minimum Gasteiger partial charge on any atom is -0.462 e. The van der Waals surface area contributed by atoms with E-state index in [9.17, 15) is 14.4 Å². The Bertz CT molecular complexity index is 700. The lowest BCUT2D eigenvalue weighted by Gasteiger charge is -2.41. The first-order valence-electron chi connectivity index (χ1n) is 8.96. The molecular weight excluding hydrogens is 334 g/mol. The number of esters is 1. The molecule has 6 heteroatoms. The minimum absolute atomic E-state index is 0.269. The van der Waals surface area contributed by atoms with Crippen LogP contribution in [0.5, 0.6) is 0 Å². The molecule has 0 unspecified atom stereocenters. The van der Waals surface area contributed by atoms with Gasteiger partial charge in [0.2, 0.25) is 0 Å². The Morgan fingerprint density at radius 2 is 1.77 bits per heavy atom. The lowest BCUT2D eigenvalue weighted by molar-refractivity contribution is -0.124. The fraction of sp³-hybridized carbons (Fsp3) is 0.450. The molecule has 0 aliphatic carbocycles. The maximum atomic E-state index is 12.1. The van der Waals surface area contributed by atoms with Gasteiger partial charge in [-0.25, -0.2) is 9.69 Å².